The second kappa shape index (κ2) is 5.93. The average molecular weight is 328 g/mol. The van der Waals surface area contributed by atoms with Gasteiger partial charge in [0.15, 0.2) is 0 Å². The van der Waals surface area contributed by atoms with E-state index in [1.165, 1.54) is 6.07 Å². The van der Waals surface area contributed by atoms with Gasteiger partial charge in [-0.25, -0.2) is 8.42 Å². The van der Waals surface area contributed by atoms with Crippen molar-refractivity contribution in [3.8, 4) is 6.07 Å². The Kier molecular flexibility index (Phi) is 4.59. The minimum absolute atomic E-state index is 0. The van der Waals surface area contributed by atoms with Gasteiger partial charge in [-0.15, -0.1) is 12.4 Å². The van der Waals surface area contributed by atoms with Crippen LogP contribution in [0.25, 0.3) is 0 Å². The third-order valence-electron chi connectivity index (χ3n) is 4.32. The largest absolute Gasteiger partial charge is 0.316 e. The number of hydrogen-bond donors (Lipinski definition) is 1. The molecular formula is C14H18ClN3O2S. The molecule has 114 valence electrons. The zero-order valence-corrected chi connectivity index (χ0v) is 13.4. The number of nitrogens with one attached hydrogen (secondary N) is 1. The topological polar surface area (TPSA) is 73.2 Å². The number of rotatable bonds is 2. The zero-order valence-electron chi connectivity index (χ0n) is 11.7. The average Bonchev–Trinajstić information content (AvgIpc) is 2.99. The predicted octanol–water partition coefficient (Wildman–Crippen LogP) is 1.13. The van der Waals surface area contributed by atoms with E-state index >= 15 is 0 Å². The van der Waals surface area contributed by atoms with Crippen LogP contribution >= 0.6 is 12.4 Å². The van der Waals surface area contributed by atoms with Crippen molar-refractivity contribution < 1.29 is 8.42 Å². The highest BCUT2D eigenvalue weighted by atomic mass is 35.5. The van der Waals surface area contributed by atoms with Crippen LogP contribution in [0.15, 0.2) is 23.1 Å². The third-order valence-corrected chi connectivity index (χ3v) is 6.19. The van der Waals surface area contributed by atoms with Crippen molar-refractivity contribution in [2.24, 2.45) is 11.8 Å². The van der Waals surface area contributed by atoms with E-state index in [-0.39, 0.29) is 22.9 Å². The summed E-state index contributed by atoms with van der Waals surface area (Å²) in [6.45, 7) is 4.64. The maximum atomic E-state index is 12.8. The Bertz CT molecular complexity index is 672. The first-order valence-electron chi connectivity index (χ1n) is 6.74. The Balaban J connectivity index is 0.00000161. The van der Waals surface area contributed by atoms with Gasteiger partial charge in [-0.2, -0.15) is 9.57 Å². The second-order valence-electron chi connectivity index (χ2n) is 5.56. The first-order valence-corrected chi connectivity index (χ1v) is 8.18. The molecule has 2 aliphatic heterocycles. The summed E-state index contributed by atoms with van der Waals surface area (Å²) < 4.78 is 27.0. The van der Waals surface area contributed by atoms with Crippen molar-refractivity contribution in [3.05, 3.63) is 29.3 Å². The molecule has 0 bridgehead atoms. The van der Waals surface area contributed by atoms with Crippen LogP contribution in [0.4, 0.5) is 0 Å². The lowest BCUT2D eigenvalue weighted by molar-refractivity contribution is 0.448. The van der Waals surface area contributed by atoms with E-state index in [4.69, 9.17) is 0 Å². The Hall–Kier alpha value is -1.13. The van der Waals surface area contributed by atoms with E-state index < -0.39 is 10.0 Å². The fourth-order valence-corrected chi connectivity index (χ4v) is 4.92. The van der Waals surface area contributed by atoms with Gasteiger partial charge in [0, 0.05) is 13.1 Å². The van der Waals surface area contributed by atoms with Crippen LogP contribution in [0, 0.1) is 30.1 Å². The second-order valence-corrected chi connectivity index (χ2v) is 7.47. The Labute approximate surface area is 131 Å². The van der Waals surface area contributed by atoms with Crippen LogP contribution in [0.5, 0.6) is 0 Å². The quantitative estimate of drug-likeness (QED) is 0.883. The fraction of sp³-hybridized carbons (Fsp3) is 0.500. The van der Waals surface area contributed by atoms with Crippen molar-refractivity contribution in [1.29, 1.82) is 5.26 Å². The Morgan fingerprint density at radius 2 is 1.90 bits per heavy atom. The number of sulfonamides is 1. The maximum absolute atomic E-state index is 12.8. The Morgan fingerprint density at radius 3 is 2.48 bits per heavy atom. The predicted molar refractivity (Wildman–Crippen MR) is 81.8 cm³/mol. The zero-order chi connectivity index (χ0) is 14.3. The third kappa shape index (κ3) is 2.67. The molecule has 1 N–H and O–H groups in total. The molecule has 2 atom stereocenters. The standard InChI is InChI=1S/C14H17N3O2S.ClH/c1-10-3-2-4-14(13(10)5-15)20(18,19)17-8-11-6-16-7-12(11)9-17;/h2-4,11-12,16H,6-9H2,1H3;1H/t11-,12+;. The molecule has 0 radical (unpaired) electrons. The van der Waals surface area contributed by atoms with Gasteiger partial charge in [0.1, 0.15) is 11.0 Å². The molecule has 5 nitrogen and oxygen atoms in total. The van der Waals surface area contributed by atoms with Crippen molar-refractivity contribution in [3.63, 3.8) is 0 Å². The number of hydrogen-bond acceptors (Lipinski definition) is 4. The van der Waals surface area contributed by atoms with E-state index in [0.717, 1.165) is 13.1 Å². The molecular weight excluding hydrogens is 310 g/mol. The lowest BCUT2D eigenvalue weighted by Gasteiger charge is -2.18. The molecule has 2 aliphatic rings. The number of aryl methyl sites for hydroxylation is 1. The van der Waals surface area contributed by atoms with Crippen LogP contribution in [-0.4, -0.2) is 38.9 Å². The van der Waals surface area contributed by atoms with Crippen LogP contribution in [-0.2, 0) is 10.0 Å². The van der Waals surface area contributed by atoms with Gasteiger partial charge in [0.2, 0.25) is 10.0 Å². The monoisotopic (exact) mass is 327 g/mol. The SMILES string of the molecule is Cc1cccc(S(=O)(=O)N2C[C@H]3CNC[C@H]3C2)c1C#N.Cl. The molecule has 2 heterocycles. The van der Waals surface area contributed by atoms with Gasteiger partial charge in [0.25, 0.3) is 0 Å². The van der Waals surface area contributed by atoms with Gasteiger partial charge < -0.3 is 5.32 Å². The normalized spacial score (nSPS) is 25.1. The molecule has 2 saturated heterocycles. The van der Waals surface area contributed by atoms with Crippen molar-refractivity contribution in [2.45, 2.75) is 11.8 Å². The van der Waals surface area contributed by atoms with Crippen LogP contribution < -0.4 is 5.32 Å². The number of halogens is 1. The Morgan fingerprint density at radius 1 is 1.29 bits per heavy atom. The van der Waals surface area contributed by atoms with E-state index in [1.807, 2.05) is 6.07 Å². The number of nitrogens with zero attached hydrogens (tertiary/aromatic N) is 2. The highest BCUT2D eigenvalue weighted by Gasteiger charge is 2.42. The summed E-state index contributed by atoms with van der Waals surface area (Å²) in [7, 11) is -3.56. The van der Waals surface area contributed by atoms with Gasteiger partial charge in [-0.3, -0.25) is 0 Å². The minimum atomic E-state index is -3.56. The number of benzene rings is 1. The number of nitriles is 1. The molecule has 1 aromatic carbocycles. The molecule has 0 spiro atoms. The fourth-order valence-electron chi connectivity index (χ4n) is 3.15. The maximum Gasteiger partial charge on any atom is 0.244 e. The molecule has 2 fully saturated rings. The summed E-state index contributed by atoms with van der Waals surface area (Å²) in [5.74, 6) is 0.806. The number of fused-ring (bicyclic) bond motifs is 1. The van der Waals surface area contributed by atoms with Crippen molar-refractivity contribution in [2.75, 3.05) is 26.2 Å². The van der Waals surface area contributed by atoms with Gasteiger partial charge in [0.05, 0.1) is 5.56 Å². The summed E-state index contributed by atoms with van der Waals surface area (Å²) in [5, 5.41) is 12.5. The molecule has 1 aromatic rings. The smallest absolute Gasteiger partial charge is 0.244 e. The summed E-state index contributed by atoms with van der Waals surface area (Å²) in [5.41, 5.74) is 0.970. The highest BCUT2D eigenvalue weighted by Crippen LogP contribution is 2.32. The molecule has 0 saturated carbocycles. The lowest BCUT2D eigenvalue weighted by Crippen LogP contribution is -2.32. The first kappa shape index (κ1) is 16.2. The molecule has 0 amide bonds. The summed E-state index contributed by atoms with van der Waals surface area (Å²) >= 11 is 0. The van der Waals surface area contributed by atoms with Gasteiger partial charge in [-0.1, -0.05) is 12.1 Å². The molecule has 0 aliphatic carbocycles. The lowest BCUT2D eigenvalue weighted by atomic mass is 10.0. The van der Waals surface area contributed by atoms with Crippen LogP contribution in [0.3, 0.4) is 0 Å². The van der Waals surface area contributed by atoms with E-state index in [1.54, 1.807) is 23.4 Å². The van der Waals surface area contributed by atoms with Crippen molar-refractivity contribution >= 4 is 22.4 Å². The summed E-state index contributed by atoms with van der Waals surface area (Å²) in [6, 6.07) is 7.02. The summed E-state index contributed by atoms with van der Waals surface area (Å²) in [6.07, 6.45) is 0. The van der Waals surface area contributed by atoms with E-state index in [2.05, 4.69) is 5.32 Å². The molecule has 21 heavy (non-hydrogen) atoms. The van der Waals surface area contributed by atoms with E-state index in [9.17, 15) is 13.7 Å². The molecule has 3 rings (SSSR count). The highest BCUT2D eigenvalue weighted by molar-refractivity contribution is 7.89. The minimum Gasteiger partial charge on any atom is -0.316 e. The van der Waals surface area contributed by atoms with Gasteiger partial charge in [-0.05, 0) is 43.5 Å². The van der Waals surface area contributed by atoms with Crippen LogP contribution in [0.2, 0.25) is 0 Å². The van der Waals surface area contributed by atoms with Crippen molar-refractivity contribution in [1.82, 2.24) is 9.62 Å². The van der Waals surface area contributed by atoms with Crippen LogP contribution in [0.1, 0.15) is 11.1 Å². The molecule has 0 aromatic heterocycles. The summed E-state index contributed by atoms with van der Waals surface area (Å²) in [4.78, 5) is 0.146. The molecule has 7 heteroatoms. The first-order chi connectivity index (χ1) is 9.54. The van der Waals surface area contributed by atoms with Gasteiger partial charge >= 0.3 is 0 Å². The molecule has 0 unspecified atom stereocenters. The van der Waals surface area contributed by atoms with E-state index in [0.29, 0.717) is 30.5 Å².